The van der Waals surface area contributed by atoms with Crippen LogP contribution >= 0.6 is 0 Å². The minimum Gasteiger partial charge on any atom is -0.497 e. The van der Waals surface area contributed by atoms with Crippen molar-refractivity contribution in [1.29, 1.82) is 0 Å². The molecular weight excluding hydrogens is 701 g/mol. The number of halogens is 3. The summed E-state index contributed by atoms with van der Waals surface area (Å²) in [7, 11) is 1.25. The maximum Gasteiger partial charge on any atom is 0.416 e. The van der Waals surface area contributed by atoms with Crippen LogP contribution in [0.5, 0.6) is 5.75 Å². The van der Waals surface area contributed by atoms with Gasteiger partial charge >= 0.3 is 12.1 Å². The lowest BCUT2D eigenvalue weighted by molar-refractivity contribution is -0.139. The number of anilines is 1. The quantitative estimate of drug-likeness (QED) is 0.128. The summed E-state index contributed by atoms with van der Waals surface area (Å²) in [6, 6.07) is 31.9. The van der Waals surface area contributed by atoms with E-state index in [0.29, 0.717) is 17.0 Å². The SMILES string of the molecule is COc1ccc(CC(=O)Nc2ccc(C(=O)N(CC(=O)O)Cc3ccc(-c4nnc(-c5ccc(-c6ccc(C)cc6)cc5)o4)cc3)cc2)c(C(F)(F)F)c1. The van der Waals surface area contributed by atoms with Crippen molar-refractivity contribution in [3.8, 4) is 39.8 Å². The Bertz CT molecular complexity index is 2270. The summed E-state index contributed by atoms with van der Waals surface area (Å²) >= 11 is 0. The van der Waals surface area contributed by atoms with Gasteiger partial charge in [0.05, 0.1) is 19.1 Å². The summed E-state index contributed by atoms with van der Waals surface area (Å²) in [5.74, 6) is -1.86. The summed E-state index contributed by atoms with van der Waals surface area (Å²) < 4.78 is 51.5. The van der Waals surface area contributed by atoms with Gasteiger partial charge in [-0.15, -0.1) is 10.2 Å². The molecule has 0 saturated heterocycles. The number of benzene rings is 5. The summed E-state index contributed by atoms with van der Waals surface area (Å²) in [6.45, 7) is 1.42. The van der Waals surface area contributed by atoms with Crippen molar-refractivity contribution in [2.75, 3.05) is 19.0 Å². The number of ether oxygens (including phenoxy) is 1. The molecule has 2 N–H and O–H groups in total. The molecule has 54 heavy (non-hydrogen) atoms. The second-order valence-electron chi connectivity index (χ2n) is 12.4. The fraction of sp³-hybridized carbons (Fsp3) is 0.146. The van der Waals surface area contributed by atoms with Gasteiger partial charge in [0.15, 0.2) is 0 Å². The number of hydrogen-bond acceptors (Lipinski definition) is 7. The average Bonchev–Trinajstić information content (AvgIpc) is 3.65. The van der Waals surface area contributed by atoms with Crippen LogP contribution in [0.2, 0.25) is 0 Å². The molecule has 0 fully saturated rings. The van der Waals surface area contributed by atoms with E-state index in [0.717, 1.165) is 27.7 Å². The molecule has 0 radical (unpaired) electrons. The van der Waals surface area contributed by atoms with Gasteiger partial charge in [0.25, 0.3) is 5.91 Å². The van der Waals surface area contributed by atoms with Gasteiger partial charge < -0.3 is 24.5 Å². The minimum atomic E-state index is -4.69. The van der Waals surface area contributed by atoms with Crippen LogP contribution in [0.4, 0.5) is 18.9 Å². The van der Waals surface area contributed by atoms with Crippen molar-refractivity contribution in [3.05, 3.63) is 143 Å². The van der Waals surface area contributed by atoms with Crippen molar-refractivity contribution in [3.63, 3.8) is 0 Å². The van der Waals surface area contributed by atoms with Crippen LogP contribution < -0.4 is 10.1 Å². The third-order valence-corrected chi connectivity index (χ3v) is 8.52. The molecule has 0 bridgehead atoms. The summed E-state index contributed by atoms with van der Waals surface area (Å²) in [6.07, 6.45) is -5.24. The number of carbonyl (C=O) groups excluding carboxylic acids is 2. The average molecular weight is 735 g/mol. The zero-order chi connectivity index (χ0) is 38.4. The molecule has 0 spiro atoms. The van der Waals surface area contributed by atoms with Crippen molar-refractivity contribution >= 4 is 23.5 Å². The number of rotatable bonds is 12. The summed E-state index contributed by atoms with van der Waals surface area (Å²) in [5, 5.41) is 20.5. The molecule has 0 aliphatic rings. The normalized spacial score (nSPS) is 11.2. The fourth-order valence-electron chi connectivity index (χ4n) is 5.70. The number of carboxylic acid groups (broad SMARTS) is 1. The van der Waals surface area contributed by atoms with E-state index in [9.17, 15) is 32.7 Å². The van der Waals surface area contributed by atoms with Crippen LogP contribution in [-0.2, 0) is 28.7 Å². The third-order valence-electron chi connectivity index (χ3n) is 8.52. The number of aliphatic carboxylic acids is 1. The van der Waals surface area contributed by atoms with Crippen LogP contribution in [0, 0.1) is 6.92 Å². The highest BCUT2D eigenvalue weighted by atomic mass is 19.4. The van der Waals surface area contributed by atoms with Crippen molar-refractivity contribution in [2.45, 2.75) is 26.1 Å². The Morgan fingerprint density at radius 2 is 1.33 bits per heavy atom. The van der Waals surface area contributed by atoms with Crippen molar-refractivity contribution in [1.82, 2.24) is 15.1 Å². The van der Waals surface area contributed by atoms with Gasteiger partial charge in [0, 0.05) is 28.9 Å². The topological polar surface area (TPSA) is 135 Å². The van der Waals surface area contributed by atoms with Crippen molar-refractivity contribution < 1.29 is 41.8 Å². The first kappa shape index (κ1) is 37.0. The van der Waals surface area contributed by atoms with Gasteiger partial charge in [0.2, 0.25) is 17.7 Å². The van der Waals surface area contributed by atoms with E-state index < -0.39 is 42.5 Å². The zero-order valence-corrected chi connectivity index (χ0v) is 29.1. The molecular formula is C41H33F3N4O6. The lowest BCUT2D eigenvalue weighted by Crippen LogP contribution is -2.35. The highest BCUT2D eigenvalue weighted by Crippen LogP contribution is 2.35. The summed E-state index contributed by atoms with van der Waals surface area (Å²) in [5.41, 5.74) is 4.53. The molecule has 13 heteroatoms. The molecule has 10 nitrogen and oxygen atoms in total. The van der Waals surface area contributed by atoms with Crippen LogP contribution in [0.15, 0.2) is 120 Å². The number of hydrogen-bond donors (Lipinski definition) is 2. The van der Waals surface area contributed by atoms with E-state index in [1.165, 1.54) is 49.1 Å². The first-order chi connectivity index (χ1) is 25.9. The molecule has 1 aromatic heterocycles. The Kier molecular flexibility index (Phi) is 10.9. The molecule has 6 rings (SSSR count). The fourth-order valence-corrected chi connectivity index (χ4v) is 5.70. The lowest BCUT2D eigenvalue weighted by atomic mass is 10.0. The Balaban J connectivity index is 1.09. The second kappa shape index (κ2) is 15.9. The number of methoxy groups -OCH3 is 1. The van der Waals surface area contributed by atoms with Gasteiger partial charge in [-0.3, -0.25) is 14.4 Å². The highest BCUT2D eigenvalue weighted by molar-refractivity contribution is 5.97. The minimum absolute atomic E-state index is 0.00956. The number of carbonyl (C=O) groups is 3. The Labute approximate surface area is 307 Å². The van der Waals surface area contributed by atoms with Crippen molar-refractivity contribution in [2.24, 2.45) is 0 Å². The maximum absolute atomic E-state index is 13.6. The maximum atomic E-state index is 13.6. The molecule has 274 valence electrons. The Morgan fingerprint density at radius 3 is 1.89 bits per heavy atom. The molecule has 6 aromatic rings. The molecule has 0 saturated carbocycles. The van der Waals surface area contributed by atoms with Crippen LogP contribution in [0.1, 0.15) is 32.6 Å². The molecule has 0 aliphatic carbocycles. The van der Waals surface area contributed by atoms with E-state index >= 15 is 0 Å². The van der Waals surface area contributed by atoms with Crippen LogP contribution in [-0.4, -0.2) is 51.6 Å². The van der Waals surface area contributed by atoms with Gasteiger partial charge in [-0.2, -0.15) is 13.2 Å². The third kappa shape index (κ3) is 8.99. The number of nitrogens with zero attached hydrogens (tertiary/aromatic N) is 3. The first-order valence-electron chi connectivity index (χ1n) is 16.6. The van der Waals surface area contributed by atoms with Gasteiger partial charge in [-0.1, -0.05) is 60.2 Å². The van der Waals surface area contributed by atoms with E-state index in [2.05, 4.69) is 39.8 Å². The highest BCUT2D eigenvalue weighted by Gasteiger charge is 2.34. The van der Waals surface area contributed by atoms with Gasteiger partial charge in [-0.25, -0.2) is 0 Å². The predicted molar refractivity (Wildman–Crippen MR) is 194 cm³/mol. The lowest BCUT2D eigenvalue weighted by Gasteiger charge is -2.21. The monoisotopic (exact) mass is 734 g/mol. The number of aryl methyl sites for hydroxylation is 1. The first-order valence-corrected chi connectivity index (χ1v) is 16.6. The number of aromatic nitrogens is 2. The van der Waals surface area contributed by atoms with E-state index in [1.807, 2.05) is 31.2 Å². The molecule has 0 unspecified atom stereocenters. The molecule has 1 heterocycles. The van der Waals surface area contributed by atoms with Gasteiger partial charge in [-0.05, 0) is 89.8 Å². The van der Waals surface area contributed by atoms with E-state index in [4.69, 9.17) is 9.15 Å². The zero-order valence-electron chi connectivity index (χ0n) is 29.1. The molecule has 0 atom stereocenters. The predicted octanol–water partition coefficient (Wildman–Crippen LogP) is 8.31. The standard InChI is InChI=1S/C41H33F3N4O6/c1-25-3-7-27(8-4-25)28-11-13-30(14-12-28)39-47-46-38(54-39)29-9-5-26(6-10-29)23-48(24-37(50)51)40(52)31-15-18-33(19-16-31)45-36(49)21-32-17-20-34(53-2)22-35(32)41(42,43)44/h3-20,22H,21,23-24H2,1-2H3,(H,45,49)(H,50,51). The summed E-state index contributed by atoms with van der Waals surface area (Å²) in [4.78, 5) is 38.9. The number of amides is 2. The van der Waals surface area contributed by atoms with Crippen LogP contribution in [0.25, 0.3) is 34.0 Å². The second-order valence-corrected chi connectivity index (χ2v) is 12.4. The molecule has 5 aromatic carbocycles. The smallest absolute Gasteiger partial charge is 0.416 e. The van der Waals surface area contributed by atoms with E-state index in [1.54, 1.807) is 24.3 Å². The number of alkyl halides is 3. The number of carboxylic acids is 1. The molecule has 0 aliphatic heterocycles. The Morgan fingerprint density at radius 1 is 0.778 bits per heavy atom. The number of nitrogens with one attached hydrogen (secondary N) is 1. The molecule has 2 amide bonds. The van der Waals surface area contributed by atoms with E-state index in [-0.39, 0.29) is 35.0 Å². The van der Waals surface area contributed by atoms with Gasteiger partial charge in [0.1, 0.15) is 12.3 Å². The Hall–Kier alpha value is -6.76. The largest absolute Gasteiger partial charge is 0.497 e. The van der Waals surface area contributed by atoms with Crippen LogP contribution in [0.3, 0.4) is 0 Å².